The zero-order valence-corrected chi connectivity index (χ0v) is 18.9. The fraction of sp³-hybridized carbons (Fsp3) is 0.417. The topological polar surface area (TPSA) is 49.4 Å². The summed E-state index contributed by atoms with van der Waals surface area (Å²) >= 11 is 1.42. The predicted molar refractivity (Wildman–Crippen MR) is 123 cm³/mol. The summed E-state index contributed by atoms with van der Waals surface area (Å²) in [5.41, 5.74) is 1.21. The minimum absolute atomic E-state index is 0.00509. The first kappa shape index (κ1) is 24.2. The van der Waals surface area contributed by atoms with Crippen LogP contribution in [-0.4, -0.2) is 17.6 Å². The fourth-order valence-electron chi connectivity index (χ4n) is 3.71. The second-order valence-electron chi connectivity index (χ2n) is 7.83. The zero-order chi connectivity index (χ0) is 23.3. The molecule has 2 atom stereocenters. The van der Waals surface area contributed by atoms with E-state index in [1.807, 2.05) is 19.1 Å². The van der Waals surface area contributed by atoms with E-state index in [9.17, 15) is 22.8 Å². The van der Waals surface area contributed by atoms with Crippen LogP contribution in [-0.2, 0) is 15.8 Å². The third-order valence-electron chi connectivity index (χ3n) is 5.57. The van der Waals surface area contributed by atoms with E-state index < -0.39 is 11.7 Å². The molecule has 2 aromatic carbocycles. The van der Waals surface area contributed by atoms with E-state index in [0.29, 0.717) is 11.4 Å². The maximum Gasteiger partial charge on any atom is 0.416 e. The van der Waals surface area contributed by atoms with E-state index in [1.54, 1.807) is 12.1 Å². The van der Waals surface area contributed by atoms with Crippen molar-refractivity contribution >= 4 is 35.0 Å². The van der Waals surface area contributed by atoms with Gasteiger partial charge < -0.3 is 5.32 Å². The third kappa shape index (κ3) is 5.65. The van der Waals surface area contributed by atoms with Crippen LogP contribution in [0.5, 0.6) is 0 Å². The number of unbranched alkanes of at least 4 members (excludes halogenated alkanes) is 1. The molecule has 0 bridgehead atoms. The van der Waals surface area contributed by atoms with Gasteiger partial charge in [-0.05, 0) is 54.8 Å². The highest BCUT2D eigenvalue weighted by Gasteiger charge is 2.35. The standard InChI is InChI=1S/C24H27F3N2O2S/c1-3-5-6-16(4-2)22(31)28-19-11-7-17(8-12-19)23-29(21(30)15-32-23)20-13-9-18(10-14-20)24(25,26)27/h7-14,16,23H,3-6,15H2,1-2H3,(H,28,31)/t16-,23-/m1/s1. The second-order valence-corrected chi connectivity index (χ2v) is 8.90. The van der Waals surface area contributed by atoms with Crippen LogP contribution in [0, 0.1) is 5.92 Å². The van der Waals surface area contributed by atoms with Gasteiger partial charge >= 0.3 is 6.18 Å². The Kier molecular flexibility index (Phi) is 7.87. The number of hydrogen-bond donors (Lipinski definition) is 1. The van der Waals surface area contributed by atoms with Gasteiger partial charge in [-0.1, -0.05) is 38.8 Å². The van der Waals surface area contributed by atoms with Crippen molar-refractivity contribution in [2.45, 2.75) is 51.1 Å². The van der Waals surface area contributed by atoms with Gasteiger partial charge in [0.1, 0.15) is 5.37 Å². The molecule has 1 aliphatic heterocycles. The molecule has 0 unspecified atom stereocenters. The van der Waals surface area contributed by atoms with Crippen molar-refractivity contribution in [1.29, 1.82) is 0 Å². The van der Waals surface area contributed by atoms with Crippen LogP contribution >= 0.6 is 11.8 Å². The van der Waals surface area contributed by atoms with Crippen molar-refractivity contribution in [2.75, 3.05) is 16.0 Å². The highest BCUT2D eigenvalue weighted by molar-refractivity contribution is 8.00. The van der Waals surface area contributed by atoms with Gasteiger partial charge in [0.25, 0.3) is 0 Å². The van der Waals surface area contributed by atoms with Crippen LogP contribution in [0.2, 0.25) is 0 Å². The minimum atomic E-state index is -4.42. The average Bonchev–Trinajstić information content (AvgIpc) is 3.15. The number of hydrogen-bond acceptors (Lipinski definition) is 3. The Hall–Kier alpha value is -2.48. The van der Waals surface area contributed by atoms with Gasteiger partial charge in [-0.3, -0.25) is 14.5 Å². The molecule has 1 fully saturated rings. The molecule has 32 heavy (non-hydrogen) atoms. The predicted octanol–water partition coefficient (Wildman–Crippen LogP) is 6.64. The molecule has 0 spiro atoms. The molecule has 0 saturated carbocycles. The Labute approximate surface area is 190 Å². The highest BCUT2D eigenvalue weighted by atomic mass is 32.2. The van der Waals surface area contributed by atoms with Crippen LogP contribution in [0.3, 0.4) is 0 Å². The lowest BCUT2D eigenvalue weighted by molar-refractivity contribution is -0.137. The SMILES string of the molecule is CCCC[C@@H](CC)C(=O)Nc1ccc([C@H]2SCC(=O)N2c2ccc(C(F)(F)F)cc2)cc1. The number of halogens is 3. The first-order valence-corrected chi connectivity index (χ1v) is 11.8. The molecular weight excluding hydrogens is 437 g/mol. The number of nitrogens with zero attached hydrogens (tertiary/aromatic N) is 1. The van der Waals surface area contributed by atoms with Gasteiger partial charge in [-0.15, -0.1) is 11.8 Å². The van der Waals surface area contributed by atoms with Gasteiger partial charge in [0.05, 0.1) is 11.3 Å². The number of carbonyl (C=O) groups is 2. The van der Waals surface area contributed by atoms with Gasteiger partial charge in [0.2, 0.25) is 11.8 Å². The summed E-state index contributed by atoms with van der Waals surface area (Å²) in [4.78, 5) is 26.5. The molecule has 172 valence electrons. The maximum atomic E-state index is 12.9. The van der Waals surface area contributed by atoms with Gasteiger partial charge in [-0.25, -0.2) is 0 Å². The summed E-state index contributed by atoms with van der Waals surface area (Å²) in [5, 5.41) is 2.62. The summed E-state index contributed by atoms with van der Waals surface area (Å²) in [6, 6.07) is 11.9. The van der Waals surface area contributed by atoms with Crippen LogP contribution in [0.4, 0.5) is 24.5 Å². The number of rotatable bonds is 8. The molecule has 0 aliphatic carbocycles. The van der Waals surface area contributed by atoms with Crippen LogP contribution in [0.25, 0.3) is 0 Å². The monoisotopic (exact) mass is 464 g/mol. The Morgan fingerprint density at radius 1 is 1.12 bits per heavy atom. The van der Waals surface area contributed by atoms with Crippen molar-refractivity contribution in [2.24, 2.45) is 5.92 Å². The van der Waals surface area contributed by atoms with E-state index in [1.165, 1.54) is 28.8 Å². The van der Waals surface area contributed by atoms with Gasteiger partial charge in [0, 0.05) is 17.3 Å². The summed E-state index contributed by atoms with van der Waals surface area (Å²) in [6.07, 6.45) is -0.717. The van der Waals surface area contributed by atoms with Crippen molar-refractivity contribution < 1.29 is 22.8 Å². The maximum absolute atomic E-state index is 12.9. The van der Waals surface area contributed by atoms with Crippen molar-refractivity contribution in [3.05, 3.63) is 59.7 Å². The molecule has 1 saturated heterocycles. The molecule has 3 rings (SSSR count). The molecule has 1 N–H and O–H groups in total. The largest absolute Gasteiger partial charge is 0.416 e. The molecule has 0 radical (unpaired) electrons. The summed E-state index contributed by atoms with van der Waals surface area (Å²) in [7, 11) is 0. The quantitative estimate of drug-likeness (QED) is 0.476. The van der Waals surface area contributed by atoms with Gasteiger partial charge in [-0.2, -0.15) is 13.2 Å². The third-order valence-corrected chi connectivity index (χ3v) is 6.79. The lowest BCUT2D eigenvalue weighted by Crippen LogP contribution is -2.28. The Balaban J connectivity index is 1.73. The number of nitrogens with one attached hydrogen (secondary N) is 1. The first-order chi connectivity index (χ1) is 15.2. The number of anilines is 2. The lowest BCUT2D eigenvalue weighted by Gasteiger charge is -2.25. The lowest BCUT2D eigenvalue weighted by atomic mass is 9.98. The molecule has 8 heteroatoms. The summed E-state index contributed by atoms with van der Waals surface area (Å²) in [5.74, 6) is 0.0805. The van der Waals surface area contributed by atoms with Crippen LogP contribution in [0.15, 0.2) is 48.5 Å². The van der Waals surface area contributed by atoms with E-state index >= 15 is 0 Å². The molecule has 0 aromatic heterocycles. The van der Waals surface area contributed by atoms with Crippen LogP contribution < -0.4 is 10.2 Å². The Bertz CT molecular complexity index is 930. The minimum Gasteiger partial charge on any atom is -0.326 e. The molecule has 1 heterocycles. The molecule has 2 aromatic rings. The fourth-order valence-corrected chi connectivity index (χ4v) is 4.88. The highest BCUT2D eigenvalue weighted by Crippen LogP contribution is 2.42. The Morgan fingerprint density at radius 3 is 2.34 bits per heavy atom. The van der Waals surface area contributed by atoms with E-state index in [2.05, 4.69) is 12.2 Å². The second kappa shape index (κ2) is 10.4. The van der Waals surface area contributed by atoms with Crippen molar-refractivity contribution in [3.63, 3.8) is 0 Å². The smallest absolute Gasteiger partial charge is 0.326 e. The Morgan fingerprint density at radius 2 is 1.78 bits per heavy atom. The number of benzene rings is 2. The summed E-state index contributed by atoms with van der Waals surface area (Å²) in [6.45, 7) is 4.11. The van der Waals surface area contributed by atoms with Crippen molar-refractivity contribution in [1.82, 2.24) is 0 Å². The normalized spacial score (nSPS) is 17.5. The number of alkyl halides is 3. The van der Waals surface area contributed by atoms with Crippen molar-refractivity contribution in [3.8, 4) is 0 Å². The van der Waals surface area contributed by atoms with Gasteiger partial charge in [0.15, 0.2) is 0 Å². The number of carbonyl (C=O) groups excluding carboxylic acids is 2. The van der Waals surface area contributed by atoms with E-state index in [0.717, 1.165) is 43.4 Å². The van der Waals surface area contributed by atoms with E-state index in [-0.39, 0.29) is 28.9 Å². The van der Waals surface area contributed by atoms with Crippen LogP contribution in [0.1, 0.15) is 56.0 Å². The first-order valence-electron chi connectivity index (χ1n) is 10.8. The number of amides is 2. The molecule has 1 aliphatic rings. The molecular formula is C24H27F3N2O2S. The van der Waals surface area contributed by atoms with E-state index in [4.69, 9.17) is 0 Å². The molecule has 4 nitrogen and oxygen atoms in total. The summed E-state index contributed by atoms with van der Waals surface area (Å²) < 4.78 is 38.6. The average molecular weight is 465 g/mol. The molecule has 2 amide bonds. The number of thioether (sulfide) groups is 1. The zero-order valence-electron chi connectivity index (χ0n) is 18.1.